The van der Waals surface area contributed by atoms with Crippen LogP contribution < -0.4 is 4.74 Å². The highest BCUT2D eigenvalue weighted by Gasteiger charge is 2.29. The van der Waals surface area contributed by atoms with Gasteiger partial charge in [0.1, 0.15) is 5.75 Å². The smallest absolute Gasteiger partial charge is 0.176 e. The SMILES string of the molecule is CCCCN(CC(=O)c1ccc(OC)cc1)C1CC1. The van der Waals surface area contributed by atoms with Gasteiger partial charge in [0.15, 0.2) is 5.78 Å². The lowest BCUT2D eigenvalue weighted by Gasteiger charge is -2.20. The number of ketones is 1. The highest BCUT2D eigenvalue weighted by atomic mass is 16.5. The van der Waals surface area contributed by atoms with Crippen LogP contribution in [0.3, 0.4) is 0 Å². The second-order valence-corrected chi connectivity index (χ2v) is 5.21. The lowest BCUT2D eigenvalue weighted by atomic mass is 10.1. The molecule has 2 rings (SSSR count). The quantitative estimate of drug-likeness (QED) is 0.673. The summed E-state index contributed by atoms with van der Waals surface area (Å²) in [6.45, 7) is 3.79. The summed E-state index contributed by atoms with van der Waals surface area (Å²) in [5.41, 5.74) is 0.781. The first-order chi connectivity index (χ1) is 9.24. The van der Waals surface area contributed by atoms with Crippen LogP contribution in [0.4, 0.5) is 0 Å². The number of carbonyl (C=O) groups excluding carboxylic acids is 1. The van der Waals surface area contributed by atoms with Gasteiger partial charge in [-0.05, 0) is 50.1 Å². The fourth-order valence-electron chi connectivity index (χ4n) is 2.24. The minimum atomic E-state index is 0.214. The zero-order valence-corrected chi connectivity index (χ0v) is 11.9. The fraction of sp³-hybridized carbons (Fsp3) is 0.562. The van der Waals surface area contributed by atoms with Gasteiger partial charge in [-0.25, -0.2) is 0 Å². The monoisotopic (exact) mass is 261 g/mol. The minimum Gasteiger partial charge on any atom is -0.497 e. The van der Waals surface area contributed by atoms with Gasteiger partial charge in [0.25, 0.3) is 0 Å². The molecule has 0 aromatic heterocycles. The molecule has 0 N–H and O–H groups in total. The van der Waals surface area contributed by atoms with E-state index >= 15 is 0 Å². The molecule has 1 fully saturated rings. The Morgan fingerprint density at radius 3 is 2.53 bits per heavy atom. The molecule has 0 heterocycles. The molecule has 104 valence electrons. The lowest BCUT2D eigenvalue weighted by Crippen LogP contribution is -2.32. The van der Waals surface area contributed by atoms with E-state index in [0.717, 1.165) is 17.9 Å². The summed E-state index contributed by atoms with van der Waals surface area (Å²) in [7, 11) is 1.64. The Bertz CT molecular complexity index is 409. The summed E-state index contributed by atoms with van der Waals surface area (Å²) in [5, 5.41) is 0. The molecule has 0 saturated heterocycles. The maximum Gasteiger partial charge on any atom is 0.176 e. The van der Waals surface area contributed by atoms with E-state index in [2.05, 4.69) is 11.8 Å². The Hall–Kier alpha value is -1.35. The van der Waals surface area contributed by atoms with Gasteiger partial charge < -0.3 is 4.74 Å². The summed E-state index contributed by atoms with van der Waals surface area (Å²) < 4.78 is 5.11. The van der Waals surface area contributed by atoms with Gasteiger partial charge in [-0.3, -0.25) is 9.69 Å². The van der Waals surface area contributed by atoms with Gasteiger partial charge in [-0.15, -0.1) is 0 Å². The molecule has 0 aliphatic heterocycles. The number of rotatable bonds is 8. The van der Waals surface area contributed by atoms with Gasteiger partial charge >= 0.3 is 0 Å². The van der Waals surface area contributed by atoms with Crippen molar-refractivity contribution >= 4 is 5.78 Å². The molecule has 1 aromatic carbocycles. The average molecular weight is 261 g/mol. The number of benzene rings is 1. The second kappa shape index (κ2) is 6.71. The third-order valence-corrected chi connectivity index (χ3v) is 3.62. The van der Waals surface area contributed by atoms with Crippen LogP contribution in [0, 0.1) is 0 Å². The molecular formula is C16H23NO2. The highest BCUT2D eigenvalue weighted by molar-refractivity contribution is 5.97. The van der Waals surface area contributed by atoms with Crippen molar-refractivity contribution in [1.82, 2.24) is 4.90 Å². The van der Waals surface area contributed by atoms with Gasteiger partial charge in [-0.1, -0.05) is 13.3 Å². The van der Waals surface area contributed by atoms with Crippen LogP contribution in [-0.4, -0.2) is 36.9 Å². The summed E-state index contributed by atoms with van der Waals surface area (Å²) in [5.74, 6) is 1.01. The molecule has 0 amide bonds. The van der Waals surface area contributed by atoms with Crippen molar-refractivity contribution in [3.05, 3.63) is 29.8 Å². The van der Waals surface area contributed by atoms with Crippen molar-refractivity contribution in [3.63, 3.8) is 0 Å². The Morgan fingerprint density at radius 2 is 2.00 bits per heavy atom. The molecule has 3 heteroatoms. The Balaban J connectivity index is 1.93. The summed E-state index contributed by atoms with van der Waals surface area (Å²) in [6, 6.07) is 8.05. The summed E-state index contributed by atoms with van der Waals surface area (Å²) in [6.07, 6.45) is 4.85. The lowest BCUT2D eigenvalue weighted by molar-refractivity contribution is 0.0923. The molecule has 1 saturated carbocycles. The molecule has 1 aliphatic rings. The topological polar surface area (TPSA) is 29.5 Å². The zero-order chi connectivity index (χ0) is 13.7. The van der Waals surface area contributed by atoms with E-state index in [9.17, 15) is 4.79 Å². The van der Waals surface area contributed by atoms with Gasteiger partial charge in [-0.2, -0.15) is 0 Å². The van der Waals surface area contributed by atoms with E-state index < -0.39 is 0 Å². The summed E-state index contributed by atoms with van der Waals surface area (Å²) >= 11 is 0. The van der Waals surface area contributed by atoms with Crippen LogP contribution in [0.25, 0.3) is 0 Å². The zero-order valence-electron chi connectivity index (χ0n) is 11.9. The second-order valence-electron chi connectivity index (χ2n) is 5.21. The predicted molar refractivity (Wildman–Crippen MR) is 76.8 cm³/mol. The van der Waals surface area contributed by atoms with Crippen LogP contribution in [0.15, 0.2) is 24.3 Å². The van der Waals surface area contributed by atoms with Crippen LogP contribution in [0.2, 0.25) is 0 Å². The summed E-state index contributed by atoms with van der Waals surface area (Å²) in [4.78, 5) is 14.6. The largest absolute Gasteiger partial charge is 0.497 e. The molecule has 0 spiro atoms. The number of hydrogen-bond donors (Lipinski definition) is 0. The van der Waals surface area contributed by atoms with Gasteiger partial charge in [0, 0.05) is 11.6 Å². The Kier molecular flexibility index (Phi) is 4.97. The van der Waals surface area contributed by atoms with Crippen molar-refractivity contribution in [2.75, 3.05) is 20.2 Å². The van der Waals surface area contributed by atoms with E-state index in [1.54, 1.807) is 7.11 Å². The molecule has 1 aromatic rings. The predicted octanol–water partition coefficient (Wildman–Crippen LogP) is 3.14. The van der Waals surface area contributed by atoms with Gasteiger partial charge in [0.05, 0.1) is 13.7 Å². The molecule has 0 atom stereocenters. The number of unbranched alkanes of at least 4 members (excludes halogenated alkanes) is 1. The molecule has 0 radical (unpaired) electrons. The maximum absolute atomic E-state index is 12.3. The molecule has 1 aliphatic carbocycles. The molecular weight excluding hydrogens is 238 g/mol. The van der Waals surface area contributed by atoms with Crippen molar-refractivity contribution in [2.24, 2.45) is 0 Å². The van der Waals surface area contributed by atoms with Crippen molar-refractivity contribution in [2.45, 2.75) is 38.6 Å². The van der Waals surface area contributed by atoms with Crippen LogP contribution >= 0.6 is 0 Å². The number of carbonyl (C=O) groups is 1. The standard InChI is InChI=1S/C16H23NO2/c1-3-4-11-17(14-7-8-14)12-16(18)13-5-9-15(19-2)10-6-13/h5-6,9-10,14H,3-4,7-8,11-12H2,1-2H3. The van der Waals surface area contributed by atoms with Crippen molar-refractivity contribution in [3.8, 4) is 5.75 Å². The van der Waals surface area contributed by atoms with E-state index in [1.807, 2.05) is 24.3 Å². The van der Waals surface area contributed by atoms with E-state index in [0.29, 0.717) is 12.6 Å². The first kappa shape index (κ1) is 14.1. The number of nitrogens with zero attached hydrogens (tertiary/aromatic N) is 1. The Morgan fingerprint density at radius 1 is 1.32 bits per heavy atom. The average Bonchev–Trinajstić information content (AvgIpc) is 3.28. The Labute approximate surface area is 115 Å². The third-order valence-electron chi connectivity index (χ3n) is 3.62. The molecule has 0 unspecified atom stereocenters. The molecule has 19 heavy (non-hydrogen) atoms. The molecule has 3 nitrogen and oxygen atoms in total. The van der Waals surface area contributed by atoms with Gasteiger partial charge in [0.2, 0.25) is 0 Å². The molecule has 0 bridgehead atoms. The first-order valence-corrected chi connectivity index (χ1v) is 7.16. The van der Waals surface area contributed by atoms with Crippen molar-refractivity contribution < 1.29 is 9.53 Å². The normalized spacial score (nSPS) is 14.7. The van der Waals surface area contributed by atoms with Crippen molar-refractivity contribution in [1.29, 1.82) is 0 Å². The number of ether oxygens (including phenoxy) is 1. The third kappa shape index (κ3) is 4.06. The first-order valence-electron chi connectivity index (χ1n) is 7.16. The van der Waals surface area contributed by atoms with Crippen LogP contribution in [0.1, 0.15) is 43.0 Å². The number of methoxy groups -OCH3 is 1. The van der Waals surface area contributed by atoms with E-state index in [-0.39, 0.29) is 5.78 Å². The maximum atomic E-state index is 12.3. The number of hydrogen-bond acceptors (Lipinski definition) is 3. The highest BCUT2D eigenvalue weighted by Crippen LogP contribution is 2.27. The van der Waals surface area contributed by atoms with E-state index in [4.69, 9.17) is 4.74 Å². The van der Waals surface area contributed by atoms with Crippen LogP contribution in [-0.2, 0) is 0 Å². The van der Waals surface area contributed by atoms with E-state index in [1.165, 1.54) is 25.7 Å². The number of Topliss-reactive ketones (excluding diaryl/α,β-unsaturated/α-hetero) is 1. The minimum absolute atomic E-state index is 0.214. The van der Waals surface area contributed by atoms with Crippen LogP contribution in [0.5, 0.6) is 5.75 Å². The fourth-order valence-corrected chi connectivity index (χ4v) is 2.24.